The minimum absolute atomic E-state index is 0.0126. The molecule has 0 bridgehead atoms. The average Bonchev–Trinajstić information content (AvgIpc) is 2.86. The van der Waals surface area contributed by atoms with Crippen LogP contribution < -0.4 is 11.2 Å². The van der Waals surface area contributed by atoms with Gasteiger partial charge < -0.3 is 20.1 Å². The van der Waals surface area contributed by atoms with Crippen molar-refractivity contribution in [2.24, 2.45) is 0 Å². The van der Waals surface area contributed by atoms with E-state index in [0.29, 0.717) is 16.7 Å². The first kappa shape index (κ1) is 24.6. The third-order valence-corrected chi connectivity index (χ3v) is 4.50. The van der Waals surface area contributed by atoms with Crippen LogP contribution in [0.1, 0.15) is 40.1 Å². The minimum Gasteiger partial charge on any atom is -0.462 e. The molecule has 0 saturated heterocycles. The second-order valence-electron chi connectivity index (χ2n) is 6.95. The molecule has 0 aromatic rings. The van der Waals surface area contributed by atoms with E-state index in [1.165, 1.54) is 4.90 Å². The Morgan fingerprint density at radius 2 is 1.41 bits per heavy atom. The molecule has 0 atom stereocenters. The molecule has 0 spiro atoms. The Morgan fingerprint density at radius 3 is 1.84 bits per heavy atom. The van der Waals surface area contributed by atoms with E-state index in [4.69, 9.17) is 20.0 Å². The van der Waals surface area contributed by atoms with Crippen molar-refractivity contribution in [3.63, 3.8) is 0 Å². The zero-order chi connectivity index (χ0) is 23.8. The Balaban J connectivity index is 2.33. The number of esters is 2. The maximum absolute atomic E-state index is 12.5. The second kappa shape index (κ2) is 11.1. The maximum atomic E-state index is 12.5. The highest BCUT2D eigenvalue weighted by atomic mass is 16.7. The lowest BCUT2D eigenvalue weighted by atomic mass is 10.1. The topological polar surface area (TPSA) is 137 Å². The quantitative estimate of drug-likeness (QED) is 0.437. The highest BCUT2D eigenvalue weighted by Gasteiger charge is 2.30. The van der Waals surface area contributed by atoms with Gasteiger partial charge in [0.25, 0.3) is 5.91 Å². The van der Waals surface area contributed by atoms with Crippen LogP contribution in [-0.2, 0) is 30.3 Å². The van der Waals surface area contributed by atoms with E-state index in [-0.39, 0.29) is 49.0 Å². The molecule has 0 saturated carbocycles. The molecule has 2 aliphatic carbocycles. The van der Waals surface area contributed by atoms with E-state index in [2.05, 4.69) is 5.48 Å². The van der Waals surface area contributed by atoms with Crippen molar-refractivity contribution < 1.29 is 33.5 Å². The van der Waals surface area contributed by atoms with Crippen molar-refractivity contribution in [2.45, 2.75) is 20.3 Å². The fourth-order valence-electron chi connectivity index (χ4n) is 2.96. The molecule has 0 aromatic heterocycles. The summed E-state index contributed by atoms with van der Waals surface area (Å²) in [4.78, 5) is 54.9. The summed E-state index contributed by atoms with van der Waals surface area (Å²) in [5.41, 5.74) is 9.85. The third-order valence-electron chi connectivity index (χ3n) is 4.50. The average molecular weight is 445 g/mol. The first-order valence-electron chi connectivity index (χ1n) is 10.00. The fraction of sp³-hybridized carbons (Fsp3) is 0.364. The zero-order valence-electron chi connectivity index (χ0n) is 18.5. The van der Waals surface area contributed by atoms with Crippen LogP contribution in [0.2, 0.25) is 0 Å². The zero-order valence-corrected chi connectivity index (χ0v) is 18.5. The summed E-state index contributed by atoms with van der Waals surface area (Å²) in [6.45, 7) is 3.31. The van der Waals surface area contributed by atoms with Crippen molar-refractivity contribution in [1.82, 2.24) is 10.4 Å². The Kier molecular flexibility index (Phi) is 8.54. The van der Waals surface area contributed by atoms with Gasteiger partial charge in [0.2, 0.25) is 5.91 Å². The van der Waals surface area contributed by atoms with E-state index < -0.39 is 17.8 Å². The summed E-state index contributed by atoms with van der Waals surface area (Å²) in [6, 6.07) is 6.45. The van der Waals surface area contributed by atoms with Crippen LogP contribution in [0.15, 0.2) is 24.3 Å². The molecule has 2 rings (SSSR count). The van der Waals surface area contributed by atoms with Crippen LogP contribution in [0, 0.1) is 0 Å². The fourth-order valence-corrected chi connectivity index (χ4v) is 2.96. The van der Waals surface area contributed by atoms with E-state index in [9.17, 15) is 19.2 Å². The lowest BCUT2D eigenvalue weighted by Gasteiger charge is -2.10. The number of hydrogen-bond donors (Lipinski definition) is 2. The van der Waals surface area contributed by atoms with Gasteiger partial charge in [-0.3, -0.25) is 14.4 Å². The lowest BCUT2D eigenvalue weighted by molar-refractivity contribution is -0.142. The van der Waals surface area contributed by atoms with Gasteiger partial charge in [-0.15, -0.1) is 0 Å². The molecule has 172 valence electrons. The van der Waals surface area contributed by atoms with Gasteiger partial charge in [0, 0.05) is 14.1 Å². The standard InChI is InChI=1S/C22H27N3O7/c1-5-30-21(28)18-14-9-7-13(11-16(26)24-32-12-17(27)25(3)4)8-10-15(14)19(20(18)23)22(29)31-6-2/h7-10H,5-6,11-12,23H2,1-4H3,(H,24,26). The highest BCUT2D eigenvalue weighted by Crippen LogP contribution is 2.39. The summed E-state index contributed by atoms with van der Waals surface area (Å²) in [5.74, 6) is -2.09. The Labute approximate surface area is 185 Å². The summed E-state index contributed by atoms with van der Waals surface area (Å²) in [6.07, 6.45) is -0.0631. The van der Waals surface area contributed by atoms with Gasteiger partial charge in [-0.1, -0.05) is 24.3 Å². The smallest absolute Gasteiger partial charge is 0.340 e. The molecule has 32 heavy (non-hydrogen) atoms. The van der Waals surface area contributed by atoms with Gasteiger partial charge in [-0.05, 0) is 30.5 Å². The molecule has 0 fully saturated rings. The van der Waals surface area contributed by atoms with Crippen LogP contribution in [0.3, 0.4) is 0 Å². The van der Waals surface area contributed by atoms with Crippen molar-refractivity contribution in [3.05, 3.63) is 41.0 Å². The molecule has 10 nitrogen and oxygen atoms in total. The SMILES string of the molecule is CCOC(=O)c1c2ccc(CC(=O)NOCC(=O)N(C)C)ccc-2c(C(=O)OCC)c1N. The molecule has 0 heterocycles. The summed E-state index contributed by atoms with van der Waals surface area (Å²) in [7, 11) is 3.15. The Morgan fingerprint density at radius 1 is 0.906 bits per heavy atom. The molecule has 2 amide bonds. The number of hydroxylamine groups is 1. The van der Waals surface area contributed by atoms with Crippen molar-refractivity contribution in [1.29, 1.82) is 0 Å². The largest absolute Gasteiger partial charge is 0.462 e. The van der Waals surface area contributed by atoms with Gasteiger partial charge in [0.05, 0.1) is 36.4 Å². The molecule has 3 N–H and O–H groups in total. The summed E-state index contributed by atoms with van der Waals surface area (Å²) < 4.78 is 10.2. The van der Waals surface area contributed by atoms with Gasteiger partial charge in [-0.25, -0.2) is 15.1 Å². The van der Waals surface area contributed by atoms with Gasteiger partial charge >= 0.3 is 11.9 Å². The minimum atomic E-state index is -0.657. The number of amides is 2. The highest BCUT2D eigenvalue weighted by molar-refractivity contribution is 6.15. The number of fused-ring (bicyclic) bond motifs is 1. The normalized spacial score (nSPS) is 10.5. The number of carbonyl (C=O) groups excluding carboxylic acids is 4. The van der Waals surface area contributed by atoms with Gasteiger partial charge in [-0.2, -0.15) is 0 Å². The number of nitrogens with one attached hydrogen (secondary N) is 1. The van der Waals surface area contributed by atoms with E-state index in [0.717, 1.165) is 0 Å². The number of anilines is 1. The van der Waals surface area contributed by atoms with Crippen LogP contribution in [0.4, 0.5) is 5.69 Å². The Hall–Kier alpha value is -3.66. The monoisotopic (exact) mass is 445 g/mol. The molecule has 0 radical (unpaired) electrons. The van der Waals surface area contributed by atoms with Crippen LogP contribution in [0.5, 0.6) is 0 Å². The number of nitrogens with two attached hydrogens (primary N) is 1. The number of nitrogen functional groups attached to an aromatic ring is 1. The van der Waals surface area contributed by atoms with E-state index in [1.807, 2.05) is 0 Å². The predicted octanol–water partition coefficient (Wildman–Crippen LogP) is 1.41. The number of rotatable bonds is 9. The number of nitrogens with zero attached hydrogens (tertiary/aromatic N) is 1. The number of likely N-dealkylation sites (N-methyl/N-ethyl adjacent to an activating group) is 1. The molecule has 0 unspecified atom stereocenters. The predicted molar refractivity (Wildman–Crippen MR) is 116 cm³/mol. The maximum Gasteiger partial charge on any atom is 0.340 e. The summed E-state index contributed by atoms with van der Waals surface area (Å²) in [5, 5.41) is 0. The van der Waals surface area contributed by atoms with Crippen LogP contribution >= 0.6 is 0 Å². The van der Waals surface area contributed by atoms with Crippen molar-refractivity contribution in [3.8, 4) is 11.1 Å². The molecular weight excluding hydrogens is 418 g/mol. The van der Waals surface area contributed by atoms with Crippen LogP contribution in [0.25, 0.3) is 11.1 Å². The van der Waals surface area contributed by atoms with E-state index in [1.54, 1.807) is 52.2 Å². The van der Waals surface area contributed by atoms with Crippen molar-refractivity contribution >= 4 is 29.4 Å². The molecule has 2 aliphatic rings. The molecule has 0 aliphatic heterocycles. The van der Waals surface area contributed by atoms with Crippen LogP contribution in [-0.4, -0.2) is 62.6 Å². The number of hydrogen-bond acceptors (Lipinski definition) is 8. The molecule has 10 heteroatoms. The second-order valence-corrected chi connectivity index (χ2v) is 6.95. The third kappa shape index (κ3) is 5.73. The lowest BCUT2D eigenvalue weighted by Crippen LogP contribution is -2.32. The van der Waals surface area contributed by atoms with E-state index >= 15 is 0 Å². The first-order chi connectivity index (χ1) is 15.2. The first-order valence-corrected chi connectivity index (χ1v) is 10.00. The molecular formula is C22H27N3O7. The number of ether oxygens (including phenoxy) is 2. The summed E-state index contributed by atoms with van der Waals surface area (Å²) >= 11 is 0. The number of carbonyl (C=O) groups is 4. The molecule has 0 aromatic carbocycles. The Bertz CT molecular complexity index is 932. The van der Waals surface area contributed by atoms with Gasteiger partial charge in [0.15, 0.2) is 6.61 Å². The van der Waals surface area contributed by atoms with Gasteiger partial charge in [0.1, 0.15) is 0 Å². The van der Waals surface area contributed by atoms with Crippen molar-refractivity contribution in [2.75, 3.05) is 39.6 Å².